The van der Waals surface area contributed by atoms with Gasteiger partial charge in [-0.25, -0.2) is 13.9 Å². The molecule has 0 heterocycles. The number of aliphatic carboxylic acids is 1. The summed E-state index contributed by atoms with van der Waals surface area (Å²) < 4.78 is 6.81. The molecule has 0 radical (unpaired) electrons. The molecule has 0 saturated heterocycles. The molecule has 9 nitrogen and oxygen atoms in total. The quantitative estimate of drug-likeness (QED) is 0.180. The molecule has 0 saturated carbocycles. The highest BCUT2D eigenvalue weighted by atomic mass is 32.2. The van der Waals surface area contributed by atoms with E-state index in [1.807, 2.05) is 0 Å². The number of alkyl carbamates (subject to hydrolysis) is 1. The van der Waals surface area contributed by atoms with Gasteiger partial charge in [0.2, 0.25) is 0 Å². The van der Waals surface area contributed by atoms with Crippen LogP contribution >= 0.6 is 11.9 Å². The van der Waals surface area contributed by atoms with E-state index in [-0.39, 0.29) is 12.2 Å². The standard InChI is InChI=1S/C19H27N3O6S/c1-5-6-9-12-21(29-16-11-8-7-10-15(16)22(26)27)13-14(17(23)24)20-18(25)28-19(2,3)4/h5,7-8,10-11,14H,1,6,9,12-13H2,2-4H3,(H,20,25)(H,23,24)/t14-/m0/s1. The molecule has 0 unspecified atom stereocenters. The Bertz CT molecular complexity index is 735. The lowest BCUT2D eigenvalue weighted by atomic mass is 10.2. The van der Waals surface area contributed by atoms with E-state index in [2.05, 4.69) is 11.9 Å². The minimum Gasteiger partial charge on any atom is -0.480 e. The Morgan fingerprint density at radius 3 is 2.62 bits per heavy atom. The number of carboxylic acid groups (broad SMARTS) is 1. The number of benzene rings is 1. The largest absolute Gasteiger partial charge is 0.480 e. The fourth-order valence-electron chi connectivity index (χ4n) is 2.25. The first-order valence-corrected chi connectivity index (χ1v) is 9.80. The minimum absolute atomic E-state index is 0.0670. The molecule has 2 N–H and O–H groups in total. The number of hydrogen-bond acceptors (Lipinski definition) is 7. The van der Waals surface area contributed by atoms with Crippen molar-refractivity contribution >= 4 is 29.7 Å². The Labute approximate surface area is 174 Å². The summed E-state index contributed by atoms with van der Waals surface area (Å²) in [5.41, 5.74) is -0.839. The minimum atomic E-state index is -1.25. The lowest BCUT2D eigenvalue weighted by Gasteiger charge is -2.26. The third kappa shape index (κ3) is 9.44. The zero-order valence-electron chi connectivity index (χ0n) is 16.8. The van der Waals surface area contributed by atoms with Crippen molar-refractivity contribution in [2.75, 3.05) is 13.1 Å². The van der Waals surface area contributed by atoms with Crippen molar-refractivity contribution < 1.29 is 24.4 Å². The Kier molecular flexibility index (Phi) is 9.63. The fraction of sp³-hybridized carbons (Fsp3) is 0.474. The van der Waals surface area contributed by atoms with E-state index in [9.17, 15) is 24.8 Å². The van der Waals surface area contributed by atoms with Crippen LogP contribution in [0.5, 0.6) is 0 Å². The fourth-order valence-corrected chi connectivity index (χ4v) is 3.35. The van der Waals surface area contributed by atoms with Gasteiger partial charge in [-0.15, -0.1) is 6.58 Å². The maximum atomic E-state index is 12.0. The zero-order valence-corrected chi connectivity index (χ0v) is 17.6. The number of nitro groups is 1. The molecule has 0 aliphatic heterocycles. The van der Waals surface area contributed by atoms with Gasteiger partial charge in [-0.2, -0.15) is 0 Å². The molecule has 1 atom stereocenters. The van der Waals surface area contributed by atoms with Gasteiger partial charge in [-0.05, 0) is 51.6 Å². The van der Waals surface area contributed by atoms with Gasteiger partial charge < -0.3 is 15.2 Å². The number of ether oxygens (including phenoxy) is 1. The summed E-state index contributed by atoms with van der Waals surface area (Å²) in [5, 5.41) is 23.1. The van der Waals surface area contributed by atoms with Gasteiger partial charge in [0.15, 0.2) is 0 Å². The molecule has 29 heavy (non-hydrogen) atoms. The number of nitrogens with one attached hydrogen (secondary N) is 1. The van der Waals surface area contributed by atoms with E-state index < -0.39 is 28.6 Å². The predicted octanol–water partition coefficient (Wildman–Crippen LogP) is 3.85. The summed E-state index contributed by atoms with van der Waals surface area (Å²) in [6.45, 7) is 9.06. The van der Waals surface area contributed by atoms with Crippen LogP contribution in [0.15, 0.2) is 41.8 Å². The summed E-state index contributed by atoms with van der Waals surface area (Å²) in [5.74, 6) is -1.23. The summed E-state index contributed by atoms with van der Waals surface area (Å²) >= 11 is 1.08. The van der Waals surface area contributed by atoms with Crippen molar-refractivity contribution in [3.05, 3.63) is 47.0 Å². The van der Waals surface area contributed by atoms with Crippen LogP contribution in [-0.2, 0) is 9.53 Å². The van der Waals surface area contributed by atoms with Crippen molar-refractivity contribution in [1.29, 1.82) is 0 Å². The first-order chi connectivity index (χ1) is 13.5. The van der Waals surface area contributed by atoms with Crippen LogP contribution in [0.1, 0.15) is 33.6 Å². The Balaban J connectivity index is 2.97. The molecule has 1 amide bonds. The monoisotopic (exact) mass is 425 g/mol. The van der Waals surface area contributed by atoms with E-state index in [1.165, 1.54) is 6.07 Å². The second-order valence-corrected chi connectivity index (χ2v) is 8.31. The van der Waals surface area contributed by atoms with Crippen LogP contribution in [0.3, 0.4) is 0 Å². The first-order valence-electron chi connectivity index (χ1n) is 9.03. The molecule has 0 fully saturated rings. The molecular weight excluding hydrogens is 398 g/mol. The van der Waals surface area contributed by atoms with Crippen molar-refractivity contribution in [2.24, 2.45) is 0 Å². The summed E-state index contributed by atoms with van der Waals surface area (Å²) in [6, 6.07) is 4.97. The number of carbonyl (C=O) groups is 2. The lowest BCUT2D eigenvalue weighted by molar-refractivity contribution is -0.387. The molecular formula is C19H27N3O6S. The maximum Gasteiger partial charge on any atom is 0.408 e. The van der Waals surface area contributed by atoms with E-state index in [0.29, 0.717) is 24.3 Å². The first kappa shape index (κ1) is 24.4. The molecule has 1 aromatic rings. The van der Waals surface area contributed by atoms with Gasteiger partial charge in [0.1, 0.15) is 16.5 Å². The average molecular weight is 426 g/mol. The number of amides is 1. The topological polar surface area (TPSA) is 122 Å². The number of carbonyl (C=O) groups excluding carboxylic acids is 1. The van der Waals surface area contributed by atoms with Gasteiger partial charge in [-0.3, -0.25) is 10.1 Å². The molecule has 0 aliphatic rings. The van der Waals surface area contributed by atoms with Crippen LogP contribution < -0.4 is 5.32 Å². The van der Waals surface area contributed by atoms with Crippen LogP contribution in [0.25, 0.3) is 0 Å². The Morgan fingerprint density at radius 2 is 2.07 bits per heavy atom. The number of carboxylic acids is 1. The van der Waals surface area contributed by atoms with Gasteiger partial charge in [0.25, 0.3) is 5.69 Å². The van der Waals surface area contributed by atoms with Crippen molar-refractivity contribution in [1.82, 2.24) is 9.62 Å². The van der Waals surface area contributed by atoms with E-state index in [0.717, 1.165) is 11.9 Å². The highest BCUT2D eigenvalue weighted by Crippen LogP contribution is 2.31. The third-order valence-electron chi connectivity index (χ3n) is 3.48. The molecule has 1 aromatic carbocycles. The number of allylic oxidation sites excluding steroid dienone is 1. The van der Waals surface area contributed by atoms with Crippen LogP contribution in [0.2, 0.25) is 0 Å². The van der Waals surface area contributed by atoms with E-state index in [1.54, 1.807) is 49.4 Å². The summed E-state index contributed by atoms with van der Waals surface area (Å²) in [7, 11) is 0. The lowest BCUT2D eigenvalue weighted by Crippen LogP contribution is -2.48. The van der Waals surface area contributed by atoms with Gasteiger partial charge in [-0.1, -0.05) is 18.2 Å². The maximum absolute atomic E-state index is 12.0. The van der Waals surface area contributed by atoms with Crippen molar-refractivity contribution in [3.63, 3.8) is 0 Å². The Morgan fingerprint density at radius 1 is 1.41 bits per heavy atom. The molecule has 0 bridgehead atoms. The van der Waals surface area contributed by atoms with E-state index >= 15 is 0 Å². The van der Waals surface area contributed by atoms with Gasteiger partial charge in [0, 0.05) is 19.2 Å². The second-order valence-electron chi connectivity index (χ2n) is 7.17. The zero-order chi connectivity index (χ0) is 22.0. The van der Waals surface area contributed by atoms with Crippen LogP contribution in [0, 0.1) is 10.1 Å². The smallest absolute Gasteiger partial charge is 0.408 e. The molecule has 0 aromatic heterocycles. The number of rotatable bonds is 11. The highest BCUT2D eigenvalue weighted by Gasteiger charge is 2.27. The second kappa shape index (κ2) is 11.4. The molecule has 0 spiro atoms. The summed E-state index contributed by atoms with van der Waals surface area (Å²) in [6.07, 6.45) is 2.27. The third-order valence-corrected chi connectivity index (χ3v) is 4.61. The van der Waals surface area contributed by atoms with E-state index in [4.69, 9.17) is 4.74 Å². The highest BCUT2D eigenvalue weighted by molar-refractivity contribution is 7.97. The SMILES string of the molecule is C=CCCCN(C[C@H](NC(=O)OC(C)(C)C)C(=O)O)Sc1ccccc1[N+](=O)[O-]. The number of nitrogens with zero attached hydrogens (tertiary/aromatic N) is 2. The number of nitro benzene ring substituents is 1. The van der Waals surface area contributed by atoms with Crippen LogP contribution in [-0.4, -0.2) is 51.1 Å². The van der Waals surface area contributed by atoms with Crippen molar-refractivity contribution in [3.8, 4) is 0 Å². The molecule has 10 heteroatoms. The molecule has 160 valence electrons. The normalized spacial score (nSPS) is 12.3. The van der Waals surface area contributed by atoms with Gasteiger partial charge in [0.05, 0.1) is 4.92 Å². The van der Waals surface area contributed by atoms with Crippen LogP contribution in [0.4, 0.5) is 10.5 Å². The molecule has 1 rings (SSSR count). The molecule has 0 aliphatic carbocycles. The number of para-hydroxylation sites is 1. The Hall–Kier alpha value is -2.59. The number of hydrogen-bond donors (Lipinski definition) is 2. The number of unbranched alkanes of at least 4 members (excludes halogenated alkanes) is 1. The van der Waals surface area contributed by atoms with Crippen molar-refractivity contribution in [2.45, 2.75) is 50.2 Å². The average Bonchev–Trinajstić information content (AvgIpc) is 2.59. The van der Waals surface area contributed by atoms with Gasteiger partial charge >= 0.3 is 12.1 Å². The summed E-state index contributed by atoms with van der Waals surface area (Å²) in [4.78, 5) is 34.8. The predicted molar refractivity (Wildman–Crippen MR) is 111 cm³/mol.